The highest BCUT2D eigenvalue weighted by molar-refractivity contribution is 14.0. The van der Waals surface area contributed by atoms with E-state index in [9.17, 15) is 5.11 Å². The highest BCUT2D eigenvalue weighted by Crippen LogP contribution is 2.09. The first-order valence-corrected chi connectivity index (χ1v) is 6.85. The minimum atomic E-state index is -0.0918. The van der Waals surface area contributed by atoms with Gasteiger partial charge in [0.2, 0.25) is 0 Å². The van der Waals surface area contributed by atoms with Crippen LogP contribution < -0.4 is 11.1 Å². The number of guanidine groups is 1. The van der Waals surface area contributed by atoms with Gasteiger partial charge in [0, 0.05) is 25.2 Å². The van der Waals surface area contributed by atoms with Crippen LogP contribution in [-0.2, 0) is 0 Å². The molecule has 1 rings (SSSR count). The molecule has 0 aromatic rings. The van der Waals surface area contributed by atoms with Crippen LogP contribution in [0.1, 0.15) is 40.0 Å². The maximum atomic E-state index is 9.41. The van der Waals surface area contributed by atoms with E-state index in [4.69, 9.17) is 5.73 Å². The number of hydrogen-bond acceptors (Lipinski definition) is 3. The molecular formula is C13H29IN4O. The Morgan fingerprint density at radius 2 is 1.95 bits per heavy atom. The van der Waals surface area contributed by atoms with Crippen LogP contribution in [0, 0.1) is 0 Å². The Morgan fingerprint density at radius 1 is 1.37 bits per heavy atom. The fourth-order valence-electron chi connectivity index (χ4n) is 2.06. The highest BCUT2D eigenvalue weighted by Gasteiger charge is 2.16. The molecule has 0 spiro atoms. The fraction of sp³-hybridized carbons (Fsp3) is 0.923. The van der Waals surface area contributed by atoms with Crippen LogP contribution in [0.3, 0.4) is 0 Å². The van der Waals surface area contributed by atoms with E-state index in [-0.39, 0.29) is 35.6 Å². The van der Waals surface area contributed by atoms with E-state index in [1.807, 2.05) is 0 Å². The van der Waals surface area contributed by atoms with Crippen molar-refractivity contribution >= 4 is 29.9 Å². The number of piperidine rings is 1. The molecule has 0 saturated carbocycles. The zero-order valence-electron chi connectivity index (χ0n) is 12.4. The Morgan fingerprint density at radius 3 is 2.47 bits per heavy atom. The number of aliphatic imine (C=N–C) groups is 1. The summed E-state index contributed by atoms with van der Waals surface area (Å²) in [6, 6.07) is 0. The molecule has 1 aliphatic rings. The molecule has 5 nitrogen and oxygen atoms in total. The van der Waals surface area contributed by atoms with Crippen LogP contribution in [0.4, 0.5) is 0 Å². The summed E-state index contributed by atoms with van der Waals surface area (Å²) in [5.41, 5.74) is 5.76. The number of nitrogens with zero attached hydrogens (tertiary/aromatic N) is 2. The van der Waals surface area contributed by atoms with Crippen LogP contribution in [0.25, 0.3) is 0 Å². The van der Waals surface area contributed by atoms with Gasteiger partial charge in [-0.25, -0.2) is 0 Å². The summed E-state index contributed by atoms with van der Waals surface area (Å²) in [6.07, 6.45) is 2.72. The Labute approximate surface area is 134 Å². The van der Waals surface area contributed by atoms with Gasteiger partial charge in [0.25, 0.3) is 0 Å². The van der Waals surface area contributed by atoms with E-state index < -0.39 is 0 Å². The van der Waals surface area contributed by atoms with Gasteiger partial charge in [0.15, 0.2) is 5.96 Å². The van der Waals surface area contributed by atoms with Crippen molar-refractivity contribution in [1.82, 2.24) is 10.2 Å². The van der Waals surface area contributed by atoms with E-state index in [2.05, 4.69) is 36.0 Å². The number of hydrogen-bond donors (Lipinski definition) is 3. The van der Waals surface area contributed by atoms with Crippen molar-refractivity contribution in [2.75, 3.05) is 26.2 Å². The molecule has 0 unspecified atom stereocenters. The second kappa shape index (κ2) is 8.97. The third kappa shape index (κ3) is 9.45. The first-order valence-electron chi connectivity index (χ1n) is 6.85. The largest absolute Gasteiger partial charge is 0.393 e. The number of likely N-dealkylation sites (tertiary alicyclic amines) is 1. The van der Waals surface area contributed by atoms with Gasteiger partial charge in [-0.1, -0.05) is 0 Å². The SMILES string of the molecule is CC(C)(C)NC(N)=NCCCN1CCC(O)CC1.I. The predicted octanol–water partition coefficient (Wildman–Crippen LogP) is 1.15. The third-order valence-corrected chi connectivity index (χ3v) is 2.97. The van der Waals surface area contributed by atoms with E-state index in [1.54, 1.807) is 0 Å². The topological polar surface area (TPSA) is 73.9 Å². The van der Waals surface area contributed by atoms with Crippen molar-refractivity contribution in [3.8, 4) is 0 Å². The van der Waals surface area contributed by atoms with Crippen LogP contribution >= 0.6 is 24.0 Å². The summed E-state index contributed by atoms with van der Waals surface area (Å²) in [5.74, 6) is 0.525. The Bertz CT molecular complexity index is 270. The molecule has 6 heteroatoms. The summed E-state index contributed by atoms with van der Waals surface area (Å²) in [5, 5.41) is 12.6. The second-order valence-electron chi connectivity index (χ2n) is 6.07. The number of aliphatic hydroxyl groups is 1. The lowest BCUT2D eigenvalue weighted by Crippen LogP contribution is -2.45. The van der Waals surface area contributed by atoms with Gasteiger partial charge < -0.3 is 21.1 Å². The van der Waals surface area contributed by atoms with Crippen LogP contribution in [0.2, 0.25) is 0 Å². The van der Waals surface area contributed by atoms with Crippen LogP contribution in [0.5, 0.6) is 0 Å². The van der Waals surface area contributed by atoms with Gasteiger partial charge in [0.05, 0.1) is 6.10 Å². The van der Waals surface area contributed by atoms with Crippen molar-refractivity contribution in [1.29, 1.82) is 0 Å². The quantitative estimate of drug-likeness (QED) is 0.294. The van der Waals surface area contributed by atoms with Crippen LogP contribution in [-0.4, -0.2) is 53.8 Å². The van der Waals surface area contributed by atoms with Gasteiger partial charge in [0.1, 0.15) is 0 Å². The summed E-state index contributed by atoms with van der Waals surface area (Å²) in [7, 11) is 0. The predicted molar refractivity (Wildman–Crippen MR) is 91.1 cm³/mol. The molecule has 1 aliphatic heterocycles. The van der Waals surface area contributed by atoms with E-state index >= 15 is 0 Å². The Kier molecular flexibility index (Phi) is 8.93. The standard InChI is InChI=1S/C13H28N4O.HI/c1-13(2,3)16-12(14)15-7-4-8-17-9-5-11(18)6-10-17;/h11,18H,4-10H2,1-3H3,(H3,14,15,16);1H. The van der Waals surface area contributed by atoms with Crippen molar-refractivity contribution in [2.24, 2.45) is 10.7 Å². The lowest BCUT2D eigenvalue weighted by Gasteiger charge is -2.29. The lowest BCUT2D eigenvalue weighted by atomic mass is 10.1. The molecule has 0 aromatic heterocycles. The summed E-state index contributed by atoms with van der Waals surface area (Å²) in [6.45, 7) is 9.99. The van der Waals surface area contributed by atoms with Gasteiger partial charge in [-0.05, 0) is 46.6 Å². The summed E-state index contributed by atoms with van der Waals surface area (Å²) in [4.78, 5) is 6.70. The minimum absolute atomic E-state index is 0. The summed E-state index contributed by atoms with van der Waals surface area (Å²) < 4.78 is 0. The minimum Gasteiger partial charge on any atom is -0.393 e. The molecule has 0 aliphatic carbocycles. The Balaban J connectivity index is 0.00000324. The number of rotatable bonds is 4. The first kappa shape index (κ1) is 18.9. The second-order valence-corrected chi connectivity index (χ2v) is 6.07. The maximum absolute atomic E-state index is 9.41. The van der Waals surface area contributed by atoms with E-state index in [1.165, 1.54) is 0 Å². The molecule has 19 heavy (non-hydrogen) atoms. The van der Waals surface area contributed by atoms with E-state index in [0.29, 0.717) is 5.96 Å². The molecule has 4 N–H and O–H groups in total. The molecular weight excluding hydrogens is 355 g/mol. The summed E-state index contributed by atoms with van der Waals surface area (Å²) >= 11 is 0. The average Bonchev–Trinajstić information content (AvgIpc) is 2.24. The van der Waals surface area contributed by atoms with Gasteiger partial charge in [-0.15, -0.1) is 24.0 Å². The molecule has 0 aromatic carbocycles. The van der Waals surface area contributed by atoms with Crippen molar-refractivity contribution in [3.63, 3.8) is 0 Å². The number of halogens is 1. The van der Waals surface area contributed by atoms with E-state index in [0.717, 1.165) is 45.4 Å². The number of aliphatic hydroxyl groups excluding tert-OH is 1. The molecule has 0 bridgehead atoms. The number of nitrogens with one attached hydrogen (secondary N) is 1. The zero-order valence-corrected chi connectivity index (χ0v) is 14.7. The van der Waals surface area contributed by atoms with Gasteiger partial charge in [-0.3, -0.25) is 4.99 Å². The van der Waals surface area contributed by atoms with Crippen molar-refractivity contribution in [2.45, 2.75) is 51.7 Å². The van der Waals surface area contributed by atoms with Crippen molar-refractivity contribution < 1.29 is 5.11 Å². The smallest absolute Gasteiger partial charge is 0.188 e. The fourth-order valence-corrected chi connectivity index (χ4v) is 2.06. The molecule has 1 saturated heterocycles. The first-order chi connectivity index (χ1) is 8.37. The van der Waals surface area contributed by atoms with Crippen LogP contribution in [0.15, 0.2) is 4.99 Å². The molecule has 0 radical (unpaired) electrons. The molecule has 114 valence electrons. The Hall–Kier alpha value is -0.0800. The van der Waals surface area contributed by atoms with Gasteiger partial charge in [-0.2, -0.15) is 0 Å². The molecule has 0 amide bonds. The maximum Gasteiger partial charge on any atom is 0.188 e. The normalized spacial score (nSPS) is 19.1. The average molecular weight is 384 g/mol. The lowest BCUT2D eigenvalue weighted by molar-refractivity contribution is 0.0824. The molecule has 1 heterocycles. The zero-order chi connectivity index (χ0) is 13.6. The molecule has 0 atom stereocenters. The third-order valence-electron chi connectivity index (χ3n) is 2.97. The highest BCUT2D eigenvalue weighted by atomic mass is 127. The van der Waals surface area contributed by atoms with Gasteiger partial charge >= 0.3 is 0 Å². The monoisotopic (exact) mass is 384 g/mol. The molecule has 1 fully saturated rings. The number of nitrogens with two attached hydrogens (primary N) is 1. The van der Waals surface area contributed by atoms with Crippen molar-refractivity contribution in [3.05, 3.63) is 0 Å².